The molecular weight excluding hydrogens is 334 g/mol. The summed E-state index contributed by atoms with van der Waals surface area (Å²) in [6.07, 6.45) is 1.17. The number of aliphatic imine (C=N–C) groups is 1. The van der Waals surface area contributed by atoms with Crippen LogP contribution in [0.4, 0.5) is 0 Å². The fourth-order valence-electron chi connectivity index (χ4n) is 3.58. The normalized spacial score (nSPS) is 20.4. The van der Waals surface area contributed by atoms with Crippen molar-refractivity contribution in [3.8, 4) is 0 Å². The molecule has 2 aliphatic heterocycles. The van der Waals surface area contributed by atoms with Crippen molar-refractivity contribution in [2.45, 2.75) is 32.9 Å². The molecule has 0 radical (unpaired) electrons. The predicted molar refractivity (Wildman–Crippen MR) is 103 cm³/mol. The van der Waals surface area contributed by atoms with Crippen LogP contribution in [0.5, 0.6) is 0 Å². The molecule has 25 heavy (non-hydrogen) atoms. The first-order valence-corrected chi connectivity index (χ1v) is 9.97. The highest BCUT2D eigenvalue weighted by Crippen LogP contribution is 2.24. The van der Waals surface area contributed by atoms with Crippen LogP contribution < -0.4 is 5.32 Å². The first-order valence-electron chi connectivity index (χ1n) is 9.09. The summed E-state index contributed by atoms with van der Waals surface area (Å²) in [6.45, 7) is 10.2. The minimum atomic E-state index is 0.161. The van der Waals surface area contributed by atoms with Crippen LogP contribution in [0.25, 0.3) is 0 Å². The van der Waals surface area contributed by atoms with Gasteiger partial charge < -0.3 is 15.1 Å². The van der Waals surface area contributed by atoms with E-state index in [2.05, 4.69) is 38.5 Å². The largest absolute Gasteiger partial charge is 0.355 e. The fraction of sp³-hybridized carbons (Fsp3) is 0.667. The Bertz CT molecular complexity index is 621. The molecule has 1 aromatic heterocycles. The van der Waals surface area contributed by atoms with Gasteiger partial charge >= 0.3 is 0 Å². The van der Waals surface area contributed by atoms with Crippen molar-refractivity contribution < 1.29 is 4.79 Å². The quantitative estimate of drug-likeness (QED) is 0.648. The molecule has 0 spiro atoms. The van der Waals surface area contributed by atoms with Crippen LogP contribution in [0.15, 0.2) is 16.4 Å². The van der Waals surface area contributed by atoms with E-state index in [4.69, 9.17) is 0 Å². The van der Waals surface area contributed by atoms with Gasteiger partial charge in [-0.15, -0.1) is 11.3 Å². The van der Waals surface area contributed by atoms with Gasteiger partial charge in [0.2, 0.25) is 5.91 Å². The molecule has 0 aliphatic carbocycles. The zero-order valence-electron chi connectivity index (χ0n) is 15.5. The third-order valence-corrected chi connectivity index (χ3v) is 6.28. The van der Waals surface area contributed by atoms with Crippen LogP contribution in [-0.4, -0.2) is 78.9 Å². The molecule has 1 saturated heterocycles. The molecule has 1 amide bonds. The van der Waals surface area contributed by atoms with Crippen molar-refractivity contribution in [3.63, 3.8) is 0 Å². The number of amides is 1. The third kappa shape index (κ3) is 4.33. The summed E-state index contributed by atoms with van der Waals surface area (Å²) in [7, 11) is 1.84. The number of nitrogens with zero attached hydrogens (tertiary/aromatic N) is 4. The van der Waals surface area contributed by atoms with Crippen LogP contribution in [0.3, 0.4) is 0 Å². The fourth-order valence-corrected chi connectivity index (χ4v) is 4.47. The highest BCUT2D eigenvalue weighted by atomic mass is 32.1. The Kier molecular flexibility index (Phi) is 5.96. The van der Waals surface area contributed by atoms with Gasteiger partial charge in [-0.25, -0.2) is 0 Å². The summed E-state index contributed by atoms with van der Waals surface area (Å²) < 4.78 is 0. The van der Waals surface area contributed by atoms with E-state index in [0.717, 1.165) is 51.8 Å². The minimum absolute atomic E-state index is 0.161. The standard InChI is InChI=1S/C18H29N5OS/c1-14(23-6-4-17-16(13-23)5-11-25-17)12-20-18(19-3)22-9-7-21(8-10-22)15(2)24/h5,11,14H,4,6-10,12-13H2,1-3H3,(H,19,20). The van der Waals surface area contributed by atoms with Crippen LogP contribution in [-0.2, 0) is 17.8 Å². The summed E-state index contributed by atoms with van der Waals surface area (Å²) in [5.74, 6) is 1.11. The van der Waals surface area contributed by atoms with Crippen LogP contribution in [0.1, 0.15) is 24.3 Å². The second-order valence-electron chi connectivity index (χ2n) is 6.86. The van der Waals surface area contributed by atoms with E-state index in [0.29, 0.717) is 6.04 Å². The van der Waals surface area contributed by atoms with Gasteiger partial charge in [0.15, 0.2) is 5.96 Å². The molecule has 2 aliphatic rings. The maximum absolute atomic E-state index is 11.5. The Morgan fingerprint density at radius 3 is 2.68 bits per heavy atom. The van der Waals surface area contributed by atoms with Crippen molar-refractivity contribution in [2.75, 3.05) is 46.3 Å². The van der Waals surface area contributed by atoms with Gasteiger partial charge in [-0.1, -0.05) is 0 Å². The van der Waals surface area contributed by atoms with Crippen LogP contribution >= 0.6 is 11.3 Å². The number of rotatable bonds is 3. The Labute approximate surface area is 154 Å². The molecular formula is C18H29N5OS. The highest BCUT2D eigenvalue weighted by Gasteiger charge is 2.24. The predicted octanol–water partition coefficient (Wildman–Crippen LogP) is 1.23. The molecule has 1 aromatic rings. The molecule has 0 bridgehead atoms. The summed E-state index contributed by atoms with van der Waals surface area (Å²) in [5, 5.41) is 5.74. The number of fused-ring (bicyclic) bond motifs is 1. The molecule has 1 N–H and O–H groups in total. The van der Waals surface area contributed by atoms with Crippen LogP contribution in [0.2, 0.25) is 0 Å². The Morgan fingerprint density at radius 1 is 1.28 bits per heavy atom. The van der Waals surface area contributed by atoms with Gasteiger partial charge in [-0.3, -0.25) is 14.7 Å². The smallest absolute Gasteiger partial charge is 0.219 e. The molecule has 1 fully saturated rings. The molecule has 3 rings (SSSR count). The number of hydrogen-bond donors (Lipinski definition) is 1. The van der Waals surface area contributed by atoms with E-state index in [1.807, 2.05) is 23.3 Å². The zero-order chi connectivity index (χ0) is 17.8. The molecule has 3 heterocycles. The number of carbonyl (C=O) groups excluding carboxylic acids is 1. The number of carbonyl (C=O) groups is 1. The molecule has 6 nitrogen and oxygen atoms in total. The van der Waals surface area contributed by atoms with E-state index in [-0.39, 0.29) is 5.91 Å². The first kappa shape index (κ1) is 18.2. The molecule has 0 saturated carbocycles. The monoisotopic (exact) mass is 363 g/mol. The average molecular weight is 364 g/mol. The second kappa shape index (κ2) is 8.19. The lowest BCUT2D eigenvalue weighted by Crippen LogP contribution is -2.55. The van der Waals surface area contributed by atoms with E-state index in [9.17, 15) is 4.79 Å². The van der Waals surface area contributed by atoms with E-state index in [1.54, 1.807) is 11.8 Å². The lowest BCUT2D eigenvalue weighted by Gasteiger charge is -2.37. The maximum Gasteiger partial charge on any atom is 0.219 e. The zero-order valence-corrected chi connectivity index (χ0v) is 16.3. The van der Waals surface area contributed by atoms with Crippen molar-refractivity contribution in [1.82, 2.24) is 20.0 Å². The molecule has 0 aromatic carbocycles. The van der Waals surface area contributed by atoms with Crippen molar-refractivity contribution in [3.05, 3.63) is 21.9 Å². The molecule has 7 heteroatoms. The average Bonchev–Trinajstić information content (AvgIpc) is 3.10. The summed E-state index contributed by atoms with van der Waals surface area (Å²) >= 11 is 1.89. The van der Waals surface area contributed by atoms with E-state index in [1.165, 1.54) is 12.0 Å². The number of thiophene rings is 1. The second-order valence-corrected chi connectivity index (χ2v) is 7.86. The van der Waals surface area contributed by atoms with Crippen molar-refractivity contribution in [2.24, 2.45) is 4.99 Å². The summed E-state index contributed by atoms with van der Waals surface area (Å²) in [4.78, 5) is 24.1. The molecule has 1 unspecified atom stereocenters. The SMILES string of the molecule is CN=C(NCC(C)N1CCc2sccc2C1)N1CCN(C(C)=O)CC1. The van der Waals surface area contributed by atoms with Gasteiger partial charge in [0.1, 0.15) is 0 Å². The Hall–Kier alpha value is -1.60. The van der Waals surface area contributed by atoms with Gasteiger partial charge in [0, 0.05) is 70.7 Å². The van der Waals surface area contributed by atoms with Gasteiger partial charge in [0.05, 0.1) is 0 Å². The van der Waals surface area contributed by atoms with E-state index >= 15 is 0 Å². The third-order valence-electron chi connectivity index (χ3n) is 5.25. The minimum Gasteiger partial charge on any atom is -0.355 e. The lowest BCUT2D eigenvalue weighted by molar-refractivity contribution is -0.130. The highest BCUT2D eigenvalue weighted by molar-refractivity contribution is 7.10. The maximum atomic E-state index is 11.5. The van der Waals surface area contributed by atoms with Crippen molar-refractivity contribution >= 4 is 23.2 Å². The Morgan fingerprint density at radius 2 is 2.00 bits per heavy atom. The van der Waals surface area contributed by atoms with E-state index < -0.39 is 0 Å². The number of hydrogen-bond acceptors (Lipinski definition) is 4. The number of nitrogens with one attached hydrogen (secondary N) is 1. The number of guanidine groups is 1. The summed E-state index contributed by atoms with van der Waals surface area (Å²) in [5.41, 5.74) is 1.49. The molecule has 1 atom stereocenters. The van der Waals surface area contributed by atoms with Gasteiger partial charge in [0.25, 0.3) is 0 Å². The van der Waals surface area contributed by atoms with Gasteiger partial charge in [-0.05, 0) is 30.4 Å². The van der Waals surface area contributed by atoms with Crippen molar-refractivity contribution in [1.29, 1.82) is 0 Å². The van der Waals surface area contributed by atoms with Gasteiger partial charge in [-0.2, -0.15) is 0 Å². The Balaban J connectivity index is 1.48. The lowest BCUT2D eigenvalue weighted by atomic mass is 10.1. The summed E-state index contributed by atoms with van der Waals surface area (Å²) in [6, 6.07) is 2.73. The molecule has 138 valence electrons. The number of piperazine rings is 1. The van der Waals surface area contributed by atoms with Crippen LogP contribution in [0, 0.1) is 0 Å². The first-order chi connectivity index (χ1) is 12.1. The topological polar surface area (TPSA) is 51.2 Å².